The van der Waals surface area contributed by atoms with Crippen molar-refractivity contribution in [2.24, 2.45) is 0 Å². The molecule has 0 amide bonds. The number of aromatic nitrogens is 4. The number of halogens is 2. The molecule has 1 aliphatic heterocycles. The average molecular weight is 336 g/mol. The van der Waals surface area contributed by atoms with Gasteiger partial charge in [0.2, 0.25) is 0 Å². The van der Waals surface area contributed by atoms with Crippen LogP contribution in [0.1, 0.15) is 12.2 Å². The van der Waals surface area contributed by atoms with E-state index in [1.54, 1.807) is 6.20 Å². The molecule has 0 radical (unpaired) electrons. The van der Waals surface area contributed by atoms with Crippen LogP contribution in [0.5, 0.6) is 0 Å². The molecule has 5 rings (SSSR count). The van der Waals surface area contributed by atoms with Gasteiger partial charge in [-0.2, -0.15) is 5.10 Å². The van der Waals surface area contributed by atoms with Crippen molar-refractivity contribution in [3.8, 4) is 22.5 Å². The van der Waals surface area contributed by atoms with Gasteiger partial charge in [-0.15, -0.1) is 0 Å². The molecule has 3 heterocycles. The van der Waals surface area contributed by atoms with Crippen LogP contribution >= 0.6 is 0 Å². The standard InChI is InChI=1S/C19H14F2N4/c20-14-7-12(8-15(21)9-14)18-19(25-5-1-2-17(25)23-18)11-3-4-16-13(6-11)10-22-24-16/h3-4,6-10H,1-2,5H2,(H,22,24). The number of hydrogen-bond acceptors (Lipinski definition) is 2. The van der Waals surface area contributed by atoms with Crippen molar-refractivity contribution in [3.63, 3.8) is 0 Å². The maximum Gasteiger partial charge on any atom is 0.126 e. The maximum atomic E-state index is 13.7. The zero-order valence-corrected chi connectivity index (χ0v) is 13.3. The van der Waals surface area contributed by atoms with Crippen LogP contribution in [-0.4, -0.2) is 19.7 Å². The molecule has 0 bridgehead atoms. The van der Waals surface area contributed by atoms with Gasteiger partial charge in [-0.25, -0.2) is 13.8 Å². The van der Waals surface area contributed by atoms with E-state index in [1.165, 1.54) is 12.1 Å². The predicted molar refractivity (Wildman–Crippen MR) is 91.0 cm³/mol. The number of H-pyrrole nitrogens is 1. The van der Waals surface area contributed by atoms with Crippen molar-refractivity contribution >= 4 is 10.9 Å². The van der Waals surface area contributed by atoms with Crippen LogP contribution in [0, 0.1) is 11.6 Å². The van der Waals surface area contributed by atoms with Crippen LogP contribution in [0.15, 0.2) is 42.6 Å². The number of nitrogens with one attached hydrogen (secondary N) is 1. The molecule has 25 heavy (non-hydrogen) atoms. The monoisotopic (exact) mass is 336 g/mol. The highest BCUT2D eigenvalue weighted by Crippen LogP contribution is 2.37. The summed E-state index contributed by atoms with van der Waals surface area (Å²) in [6.45, 7) is 0.860. The lowest BCUT2D eigenvalue weighted by Gasteiger charge is -2.09. The number of hydrogen-bond donors (Lipinski definition) is 1. The van der Waals surface area contributed by atoms with Crippen LogP contribution in [0.4, 0.5) is 8.78 Å². The summed E-state index contributed by atoms with van der Waals surface area (Å²) in [6.07, 6.45) is 3.67. The minimum Gasteiger partial charge on any atom is -0.327 e. The second-order valence-corrected chi connectivity index (χ2v) is 6.31. The van der Waals surface area contributed by atoms with Gasteiger partial charge in [0.25, 0.3) is 0 Å². The molecule has 4 aromatic rings. The van der Waals surface area contributed by atoms with Crippen molar-refractivity contribution in [3.05, 3.63) is 60.1 Å². The summed E-state index contributed by atoms with van der Waals surface area (Å²) < 4.78 is 29.6. The number of nitrogens with zero attached hydrogens (tertiary/aromatic N) is 3. The van der Waals surface area contributed by atoms with Crippen LogP contribution in [-0.2, 0) is 13.0 Å². The number of benzene rings is 2. The molecule has 1 N–H and O–H groups in total. The van der Waals surface area contributed by atoms with E-state index in [0.29, 0.717) is 11.3 Å². The van der Waals surface area contributed by atoms with Gasteiger partial charge in [-0.3, -0.25) is 5.10 Å². The Morgan fingerprint density at radius 3 is 2.68 bits per heavy atom. The summed E-state index contributed by atoms with van der Waals surface area (Å²) in [5.41, 5.74) is 3.90. The Kier molecular flexibility index (Phi) is 3.00. The minimum absolute atomic E-state index is 0.460. The number of imidazole rings is 1. The molecule has 0 spiro atoms. The fraction of sp³-hybridized carbons (Fsp3) is 0.158. The summed E-state index contributed by atoms with van der Waals surface area (Å²) in [5, 5.41) is 7.98. The third-order valence-electron chi connectivity index (χ3n) is 4.68. The highest BCUT2D eigenvalue weighted by Gasteiger charge is 2.24. The SMILES string of the molecule is Fc1cc(F)cc(-c2nc3n(c2-c2ccc4[nH]ncc4c2)CCC3)c1. The van der Waals surface area contributed by atoms with E-state index in [0.717, 1.165) is 53.4 Å². The molecule has 124 valence electrons. The second-order valence-electron chi connectivity index (χ2n) is 6.31. The Morgan fingerprint density at radius 2 is 1.84 bits per heavy atom. The van der Waals surface area contributed by atoms with Gasteiger partial charge in [-0.1, -0.05) is 6.07 Å². The van der Waals surface area contributed by atoms with Crippen molar-refractivity contribution in [2.75, 3.05) is 0 Å². The lowest BCUT2D eigenvalue weighted by atomic mass is 10.0. The van der Waals surface area contributed by atoms with Crippen LogP contribution < -0.4 is 0 Å². The van der Waals surface area contributed by atoms with Gasteiger partial charge < -0.3 is 4.57 Å². The molecule has 0 unspecified atom stereocenters. The molecule has 0 saturated carbocycles. The average Bonchev–Trinajstić information content (AvgIpc) is 3.28. The summed E-state index contributed by atoms with van der Waals surface area (Å²) in [7, 11) is 0. The quantitative estimate of drug-likeness (QED) is 0.593. The minimum atomic E-state index is -0.598. The van der Waals surface area contributed by atoms with E-state index in [9.17, 15) is 8.78 Å². The van der Waals surface area contributed by atoms with Crippen LogP contribution in [0.2, 0.25) is 0 Å². The summed E-state index contributed by atoms with van der Waals surface area (Å²) >= 11 is 0. The van der Waals surface area contributed by atoms with E-state index in [2.05, 4.69) is 14.8 Å². The number of aromatic amines is 1. The number of fused-ring (bicyclic) bond motifs is 2. The molecule has 2 aromatic carbocycles. The summed E-state index contributed by atoms with van der Waals surface area (Å²) in [4.78, 5) is 4.69. The molecule has 2 aromatic heterocycles. The third kappa shape index (κ3) is 2.25. The van der Waals surface area contributed by atoms with Crippen molar-refractivity contribution < 1.29 is 8.78 Å². The van der Waals surface area contributed by atoms with Gasteiger partial charge in [0, 0.05) is 35.5 Å². The van der Waals surface area contributed by atoms with E-state index < -0.39 is 11.6 Å². The highest BCUT2D eigenvalue weighted by molar-refractivity contribution is 5.87. The van der Waals surface area contributed by atoms with Gasteiger partial charge in [0.1, 0.15) is 17.5 Å². The normalized spacial score (nSPS) is 13.5. The second kappa shape index (κ2) is 5.24. The van der Waals surface area contributed by atoms with Crippen molar-refractivity contribution in [1.29, 1.82) is 0 Å². The Hall–Kier alpha value is -3.02. The van der Waals surface area contributed by atoms with Crippen LogP contribution in [0.3, 0.4) is 0 Å². The molecule has 0 aliphatic carbocycles. The first-order valence-corrected chi connectivity index (χ1v) is 8.18. The fourth-order valence-electron chi connectivity index (χ4n) is 3.60. The van der Waals surface area contributed by atoms with E-state index >= 15 is 0 Å². The Bertz CT molecular complexity index is 1090. The van der Waals surface area contributed by atoms with Crippen molar-refractivity contribution in [2.45, 2.75) is 19.4 Å². The maximum absolute atomic E-state index is 13.7. The smallest absolute Gasteiger partial charge is 0.126 e. The Labute approximate surface area is 142 Å². The lowest BCUT2D eigenvalue weighted by molar-refractivity contribution is 0.584. The van der Waals surface area contributed by atoms with Gasteiger partial charge in [0.05, 0.1) is 23.1 Å². The zero-order valence-electron chi connectivity index (χ0n) is 13.3. The molecular formula is C19H14F2N4. The first-order valence-electron chi connectivity index (χ1n) is 8.18. The topological polar surface area (TPSA) is 46.5 Å². The van der Waals surface area contributed by atoms with E-state index in [1.807, 2.05) is 18.2 Å². The largest absolute Gasteiger partial charge is 0.327 e. The van der Waals surface area contributed by atoms with Gasteiger partial charge in [0.15, 0.2) is 0 Å². The lowest BCUT2D eigenvalue weighted by Crippen LogP contribution is -1.96. The molecule has 4 nitrogen and oxygen atoms in total. The van der Waals surface area contributed by atoms with Gasteiger partial charge in [-0.05, 0) is 30.7 Å². The van der Waals surface area contributed by atoms with E-state index in [-0.39, 0.29) is 0 Å². The predicted octanol–water partition coefficient (Wildman–Crippen LogP) is 4.32. The number of rotatable bonds is 2. The van der Waals surface area contributed by atoms with Crippen molar-refractivity contribution in [1.82, 2.24) is 19.7 Å². The molecular weight excluding hydrogens is 322 g/mol. The fourth-order valence-corrected chi connectivity index (χ4v) is 3.60. The van der Waals surface area contributed by atoms with Gasteiger partial charge >= 0.3 is 0 Å². The third-order valence-corrected chi connectivity index (χ3v) is 4.68. The molecule has 0 fully saturated rings. The zero-order chi connectivity index (χ0) is 17.0. The molecule has 1 aliphatic rings. The van der Waals surface area contributed by atoms with E-state index in [4.69, 9.17) is 4.98 Å². The molecule has 0 atom stereocenters. The molecule has 6 heteroatoms. The first kappa shape index (κ1) is 14.3. The molecule has 0 saturated heterocycles. The summed E-state index contributed by atoms with van der Waals surface area (Å²) in [5.74, 6) is -0.235. The Balaban J connectivity index is 1.77. The summed E-state index contributed by atoms with van der Waals surface area (Å²) in [6, 6.07) is 9.53. The highest BCUT2D eigenvalue weighted by atomic mass is 19.1. The number of aryl methyl sites for hydroxylation is 1. The van der Waals surface area contributed by atoms with Crippen LogP contribution in [0.25, 0.3) is 33.4 Å². The Morgan fingerprint density at radius 1 is 1.00 bits per heavy atom. The first-order chi connectivity index (χ1) is 12.2.